The number of carbonyl (C=O) groups is 1. The van der Waals surface area contributed by atoms with Crippen molar-refractivity contribution in [2.75, 3.05) is 0 Å². The molecule has 130 valence electrons. The van der Waals surface area contributed by atoms with Crippen LogP contribution in [0.5, 0.6) is 0 Å². The topological polar surface area (TPSA) is 59.8 Å². The minimum absolute atomic E-state index is 0.147. The molecule has 6 heteroatoms. The minimum Gasteiger partial charge on any atom is -0.333 e. The Labute approximate surface area is 145 Å². The molecule has 0 saturated carbocycles. The van der Waals surface area contributed by atoms with Crippen molar-refractivity contribution < 1.29 is 9.18 Å². The molecular formula is C19H21FN4O. The third kappa shape index (κ3) is 3.84. The van der Waals surface area contributed by atoms with Gasteiger partial charge in [-0.2, -0.15) is 0 Å². The predicted molar refractivity (Wildman–Crippen MR) is 94.3 cm³/mol. The second-order valence-corrected chi connectivity index (χ2v) is 7.16. The van der Waals surface area contributed by atoms with Crippen LogP contribution in [0.4, 0.5) is 4.39 Å². The van der Waals surface area contributed by atoms with E-state index in [0.717, 1.165) is 16.6 Å². The monoisotopic (exact) mass is 340 g/mol. The zero-order valence-corrected chi connectivity index (χ0v) is 14.5. The van der Waals surface area contributed by atoms with E-state index in [1.807, 2.05) is 45.0 Å². The number of amides is 1. The summed E-state index contributed by atoms with van der Waals surface area (Å²) in [5.41, 5.74) is 2.14. The summed E-state index contributed by atoms with van der Waals surface area (Å²) < 4.78 is 14.8. The summed E-state index contributed by atoms with van der Waals surface area (Å²) in [5, 5.41) is 11.5. The van der Waals surface area contributed by atoms with Crippen LogP contribution in [0.15, 0.2) is 48.5 Å². The first-order valence-corrected chi connectivity index (χ1v) is 8.18. The van der Waals surface area contributed by atoms with Gasteiger partial charge in [-0.3, -0.25) is 4.79 Å². The lowest BCUT2D eigenvalue weighted by Crippen LogP contribution is -2.41. The average molecular weight is 340 g/mol. The maximum atomic E-state index is 13.0. The molecule has 0 aliphatic heterocycles. The van der Waals surface area contributed by atoms with E-state index >= 15 is 0 Å². The van der Waals surface area contributed by atoms with E-state index in [2.05, 4.69) is 15.6 Å². The molecule has 0 saturated heterocycles. The fourth-order valence-electron chi connectivity index (χ4n) is 2.71. The molecule has 0 aliphatic carbocycles. The van der Waals surface area contributed by atoms with Crippen molar-refractivity contribution in [2.24, 2.45) is 5.41 Å². The van der Waals surface area contributed by atoms with Gasteiger partial charge in [0.25, 0.3) is 0 Å². The van der Waals surface area contributed by atoms with Crippen molar-refractivity contribution in [1.82, 2.24) is 20.3 Å². The van der Waals surface area contributed by atoms with E-state index in [0.29, 0.717) is 0 Å². The Morgan fingerprint density at radius 2 is 1.84 bits per heavy atom. The van der Waals surface area contributed by atoms with Crippen molar-refractivity contribution in [3.8, 4) is 0 Å². The Hall–Kier alpha value is -2.76. The standard InChI is InChI=1S/C19H21FN4O/c1-19(2,3)18(24-16-7-5-4-6-15(16)22-23-24)21-17(25)12-13-8-10-14(20)11-9-13/h4-11,18H,12H2,1-3H3,(H,21,25). The van der Waals surface area contributed by atoms with Gasteiger partial charge >= 0.3 is 0 Å². The summed E-state index contributed by atoms with van der Waals surface area (Å²) in [6.45, 7) is 6.10. The van der Waals surface area contributed by atoms with Crippen molar-refractivity contribution >= 4 is 16.9 Å². The first kappa shape index (κ1) is 17.1. The highest BCUT2D eigenvalue weighted by atomic mass is 19.1. The van der Waals surface area contributed by atoms with Crippen LogP contribution in [-0.4, -0.2) is 20.9 Å². The molecule has 0 fully saturated rings. The fourth-order valence-corrected chi connectivity index (χ4v) is 2.71. The van der Waals surface area contributed by atoms with Crippen LogP contribution in [0.25, 0.3) is 11.0 Å². The summed E-state index contributed by atoms with van der Waals surface area (Å²) >= 11 is 0. The van der Waals surface area contributed by atoms with Crippen molar-refractivity contribution in [3.63, 3.8) is 0 Å². The van der Waals surface area contributed by atoms with E-state index < -0.39 is 0 Å². The first-order chi connectivity index (χ1) is 11.8. The van der Waals surface area contributed by atoms with E-state index in [-0.39, 0.29) is 29.7 Å². The highest BCUT2D eigenvalue weighted by Gasteiger charge is 2.30. The van der Waals surface area contributed by atoms with Crippen molar-refractivity contribution in [2.45, 2.75) is 33.4 Å². The van der Waals surface area contributed by atoms with Gasteiger partial charge in [0.1, 0.15) is 17.5 Å². The fraction of sp³-hybridized carbons (Fsp3) is 0.316. The van der Waals surface area contributed by atoms with E-state index in [9.17, 15) is 9.18 Å². The van der Waals surface area contributed by atoms with Crippen LogP contribution in [0.2, 0.25) is 0 Å². The summed E-state index contributed by atoms with van der Waals surface area (Å²) in [7, 11) is 0. The molecule has 3 aromatic rings. The van der Waals surface area contributed by atoms with Crippen LogP contribution in [-0.2, 0) is 11.2 Å². The van der Waals surface area contributed by atoms with Crippen LogP contribution in [0.3, 0.4) is 0 Å². The summed E-state index contributed by atoms with van der Waals surface area (Å²) in [5.74, 6) is -0.461. The van der Waals surface area contributed by atoms with Gasteiger partial charge in [0.15, 0.2) is 0 Å². The van der Waals surface area contributed by atoms with Gasteiger partial charge in [0.2, 0.25) is 5.91 Å². The number of hydrogen-bond donors (Lipinski definition) is 1. The first-order valence-electron chi connectivity index (χ1n) is 8.18. The molecule has 0 bridgehead atoms. The molecule has 1 unspecified atom stereocenters. The van der Waals surface area contributed by atoms with Crippen LogP contribution >= 0.6 is 0 Å². The molecule has 5 nitrogen and oxygen atoms in total. The Bertz CT molecular complexity index is 880. The van der Waals surface area contributed by atoms with Gasteiger partial charge in [-0.25, -0.2) is 9.07 Å². The van der Waals surface area contributed by atoms with Crippen LogP contribution in [0.1, 0.15) is 32.5 Å². The Morgan fingerprint density at radius 3 is 2.52 bits per heavy atom. The number of benzene rings is 2. The largest absolute Gasteiger partial charge is 0.333 e. The molecule has 0 aliphatic rings. The maximum absolute atomic E-state index is 13.0. The Kier molecular flexibility index (Phi) is 4.53. The Morgan fingerprint density at radius 1 is 1.16 bits per heavy atom. The number of para-hydroxylation sites is 1. The third-order valence-electron chi connectivity index (χ3n) is 4.02. The quantitative estimate of drug-likeness (QED) is 0.791. The SMILES string of the molecule is CC(C)(C)C(NC(=O)Cc1ccc(F)cc1)n1nnc2ccccc21. The zero-order valence-electron chi connectivity index (χ0n) is 14.5. The number of nitrogens with zero attached hydrogens (tertiary/aromatic N) is 3. The number of halogens is 1. The second kappa shape index (κ2) is 6.63. The minimum atomic E-state index is -0.354. The Balaban J connectivity index is 1.84. The highest BCUT2D eigenvalue weighted by molar-refractivity contribution is 5.79. The molecule has 1 atom stereocenters. The molecular weight excluding hydrogens is 319 g/mol. The van der Waals surface area contributed by atoms with Gasteiger partial charge in [-0.05, 0) is 29.8 Å². The van der Waals surface area contributed by atoms with E-state index in [1.54, 1.807) is 16.8 Å². The molecule has 0 radical (unpaired) electrons. The van der Waals surface area contributed by atoms with Crippen LogP contribution < -0.4 is 5.32 Å². The third-order valence-corrected chi connectivity index (χ3v) is 4.02. The van der Waals surface area contributed by atoms with Gasteiger partial charge in [0, 0.05) is 5.41 Å². The normalized spacial score (nSPS) is 13.0. The molecule has 0 spiro atoms. The summed E-state index contributed by atoms with van der Waals surface area (Å²) in [6.07, 6.45) is -0.174. The lowest BCUT2D eigenvalue weighted by molar-refractivity contribution is -0.123. The lowest BCUT2D eigenvalue weighted by atomic mass is 9.92. The van der Waals surface area contributed by atoms with Gasteiger partial charge in [-0.15, -0.1) is 5.10 Å². The number of fused-ring (bicyclic) bond motifs is 1. The average Bonchev–Trinajstić information content (AvgIpc) is 2.97. The van der Waals surface area contributed by atoms with Gasteiger partial charge in [0.05, 0.1) is 11.9 Å². The number of rotatable bonds is 4. The summed E-state index contributed by atoms with van der Waals surface area (Å²) in [6, 6.07) is 13.6. The zero-order chi connectivity index (χ0) is 18.0. The molecule has 1 N–H and O–H groups in total. The molecule has 1 aromatic heterocycles. The lowest BCUT2D eigenvalue weighted by Gasteiger charge is -2.31. The van der Waals surface area contributed by atoms with Gasteiger partial charge in [-0.1, -0.05) is 50.3 Å². The number of hydrogen-bond acceptors (Lipinski definition) is 3. The second-order valence-electron chi connectivity index (χ2n) is 7.16. The molecule has 25 heavy (non-hydrogen) atoms. The number of nitrogens with one attached hydrogen (secondary N) is 1. The molecule has 3 rings (SSSR count). The number of aromatic nitrogens is 3. The summed E-state index contributed by atoms with van der Waals surface area (Å²) in [4.78, 5) is 12.5. The van der Waals surface area contributed by atoms with Crippen molar-refractivity contribution in [1.29, 1.82) is 0 Å². The number of carbonyl (C=O) groups excluding carboxylic acids is 1. The van der Waals surface area contributed by atoms with Crippen LogP contribution in [0, 0.1) is 11.2 Å². The molecule has 2 aromatic carbocycles. The van der Waals surface area contributed by atoms with E-state index in [1.165, 1.54) is 12.1 Å². The van der Waals surface area contributed by atoms with Crippen molar-refractivity contribution in [3.05, 3.63) is 59.9 Å². The molecule has 1 heterocycles. The smallest absolute Gasteiger partial charge is 0.226 e. The predicted octanol–water partition coefficient (Wildman–Crippen LogP) is 3.47. The molecule has 1 amide bonds. The highest BCUT2D eigenvalue weighted by Crippen LogP contribution is 2.30. The van der Waals surface area contributed by atoms with E-state index in [4.69, 9.17) is 0 Å². The maximum Gasteiger partial charge on any atom is 0.226 e. The van der Waals surface area contributed by atoms with Gasteiger partial charge < -0.3 is 5.32 Å².